The summed E-state index contributed by atoms with van der Waals surface area (Å²) in [6, 6.07) is 4.19. The minimum absolute atomic E-state index is 0.662. The molecule has 0 saturated heterocycles. The average Bonchev–Trinajstić information content (AvgIpc) is 2.55. The molecule has 0 atom stereocenters. The Bertz CT molecular complexity index is 555. The average molecular weight is 232 g/mol. The highest BCUT2D eigenvalue weighted by Gasteiger charge is 2.13. The Hall–Kier alpha value is -1.48. The molecule has 0 aliphatic rings. The number of rotatable bonds is 3. The molecule has 0 bridgehead atoms. The summed E-state index contributed by atoms with van der Waals surface area (Å²) in [6.07, 6.45) is 0. The smallest absolute Gasteiger partial charge is 0.119 e. The molecule has 1 aromatic carbocycles. The molecular weight excluding hydrogens is 212 g/mol. The van der Waals surface area contributed by atoms with Gasteiger partial charge < -0.3 is 15.0 Å². The lowest BCUT2D eigenvalue weighted by Crippen LogP contribution is -2.11. The van der Waals surface area contributed by atoms with E-state index in [1.807, 2.05) is 0 Å². The lowest BCUT2D eigenvalue weighted by atomic mass is 10.1. The molecule has 0 radical (unpaired) electrons. The highest BCUT2D eigenvalue weighted by Crippen LogP contribution is 2.31. The van der Waals surface area contributed by atoms with E-state index in [9.17, 15) is 0 Å². The third kappa shape index (κ3) is 1.80. The first-order chi connectivity index (χ1) is 8.10. The molecule has 3 heteroatoms. The van der Waals surface area contributed by atoms with Crippen LogP contribution in [0.5, 0.6) is 5.75 Å². The molecule has 0 aliphatic heterocycles. The first kappa shape index (κ1) is 12.0. The van der Waals surface area contributed by atoms with Crippen LogP contribution in [0.2, 0.25) is 0 Å². The van der Waals surface area contributed by atoms with Crippen LogP contribution in [0.25, 0.3) is 10.9 Å². The maximum absolute atomic E-state index is 5.69. The highest BCUT2D eigenvalue weighted by molar-refractivity contribution is 5.89. The van der Waals surface area contributed by atoms with Crippen LogP contribution in [-0.2, 0) is 6.54 Å². The van der Waals surface area contributed by atoms with E-state index in [-0.39, 0.29) is 0 Å². The van der Waals surface area contributed by atoms with E-state index in [0.717, 1.165) is 12.3 Å². The maximum atomic E-state index is 5.69. The molecule has 1 aromatic heterocycles. The maximum Gasteiger partial charge on any atom is 0.119 e. The number of benzene rings is 1. The van der Waals surface area contributed by atoms with Gasteiger partial charge in [-0.3, -0.25) is 0 Å². The van der Waals surface area contributed by atoms with E-state index in [2.05, 4.69) is 37.5 Å². The first-order valence-corrected chi connectivity index (χ1v) is 5.94. The van der Waals surface area contributed by atoms with Crippen molar-refractivity contribution in [3.63, 3.8) is 0 Å². The second-order valence-corrected chi connectivity index (χ2v) is 4.49. The van der Waals surface area contributed by atoms with Gasteiger partial charge in [-0.15, -0.1) is 0 Å². The predicted octanol–water partition coefficient (Wildman–Crippen LogP) is 2.53. The second-order valence-electron chi connectivity index (χ2n) is 4.49. The number of methoxy groups -OCH3 is 1. The number of aryl methyl sites for hydroxylation is 2. The van der Waals surface area contributed by atoms with Gasteiger partial charge in [0.05, 0.1) is 12.6 Å². The van der Waals surface area contributed by atoms with Gasteiger partial charge >= 0.3 is 0 Å². The number of hydrogen-bond donors (Lipinski definition) is 1. The molecule has 2 aromatic rings. The largest absolute Gasteiger partial charge is 0.497 e. The van der Waals surface area contributed by atoms with Crippen LogP contribution in [0.3, 0.4) is 0 Å². The zero-order valence-corrected chi connectivity index (χ0v) is 11.0. The van der Waals surface area contributed by atoms with E-state index < -0.39 is 0 Å². The van der Waals surface area contributed by atoms with Gasteiger partial charge in [0, 0.05) is 24.2 Å². The SMILES string of the molecule is COc1cc(C)c2c(c1)c(C)c(C)n2CCN. The van der Waals surface area contributed by atoms with E-state index in [1.54, 1.807) is 7.11 Å². The van der Waals surface area contributed by atoms with Gasteiger partial charge in [0.1, 0.15) is 5.75 Å². The fraction of sp³-hybridized carbons (Fsp3) is 0.429. The summed E-state index contributed by atoms with van der Waals surface area (Å²) >= 11 is 0. The third-order valence-electron chi connectivity index (χ3n) is 3.48. The molecule has 0 aliphatic carbocycles. The Kier molecular flexibility index (Phi) is 3.11. The lowest BCUT2D eigenvalue weighted by molar-refractivity contribution is 0.415. The van der Waals surface area contributed by atoms with Crippen LogP contribution in [0.15, 0.2) is 12.1 Å². The summed E-state index contributed by atoms with van der Waals surface area (Å²) in [5, 5.41) is 1.27. The van der Waals surface area contributed by atoms with Crippen molar-refractivity contribution in [3.8, 4) is 5.75 Å². The zero-order valence-electron chi connectivity index (χ0n) is 11.0. The Balaban J connectivity index is 2.80. The monoisotopic (exact) mass is 232 g/mol. The van der Waals surface area contributed by atoms with Crippen molar-refractivity contribution in [2.24, 2.45) is 5.73 Å². The lowest BCUT2D eigenvalue weighted by Gasteiger charge is -2.09. The van der Waals surface area contributed by atoms with Gasteiger partial charge in [-0.1, -0.05) is 0 Å². The third-order valence-corrected chi connectivity index (χ3v) is 3.48. The summed E-state index contributed by atoms with van der Waals surface area (Å²) < 4.78 is 7.64. The molecule has 3 nitrogen and oxygen atoms in total. The van der Waals surface area contributed by atoms with Crippen LogP contribution >= 0.6 is 0 Å². The zero-order chi connectivity index (χ0) is 12.6. The molecule has 0 saturated carbocycles. The molecule has 17 heavy (non-hydrogen) atoms. The van der Waals surface area contributed by atoms with Gasteiger partial charge in [0.15, 0.2) is 0 Å². The summed E-state index contributed by atoms with van der Waals surface area (Å²) in [5.41, 5.74) is 10.8. The number of nitrogens with two attached hydrogens (primary N) is 1. The van der Waals surface area contributed by atoms with Crippen LogP contribution in [0.4, 0.5) is 0 Å². The standard InChI is InChI=1S/C14H20N2O/c1-9-7-12(17-4)8-13-10(2)11(3)16(6-5-15)14(9)13/h7-8H,5-6,15H2,1-4H3. The van der Waals surface area contributed by atoms with Crippen LogP contribution in [0.1, 0.15) is 16.8 Å². The summed E-state index contributed by atoms with van der Waals surface area (Å²) in [4.78, 5) is 0. The number of nitrogens with zero attached hydrogens (tertiary/aromatic N) is 1. The van der Waals surface area contributed by atoms with E-state index in [0.29, 0.717) is 6.54 Å². The summed E-state index contributed by atoms with van der Waals surface area (Å²) in [5.74, 6) is 0.919. The van der Waals surface area contributed by atoms with Crippen molar-refractivity contribution in [2.45, 2.75) is 27.3 Å². The summed E-state index contributed by atoms with van der Waals surface area (Å²) in [6.45, 7) is 7.95. The molecule has 2 N–H and O–H groups in total. The fourth-order valence-electron chi connectivity index (χ4n) is 2.48. The van der Waals surface area contributed by atoms with Gasteiger partial charge in [-0.2, -0.15) is 0 Å². The van der Waals surface area contributed by atoms with Crippen molar-refractivity contribution in [3.05, 3.63) is 29.0 Å². The molecular formula is C14H20N2O. The molecule has 92 valence electrons. The number of ether oxygens (including phenoxy) is 1. The normalized spacial score (nSPS) is 11.1. The Morgan fingerprint density at radius 1 is 1.24 bits per heavy atom. The molecule has 2 rings (SSSR count). The van der Waals surface area contributed by atoms with Crippen molar-refractivity contribution in [1.82, 2.24) is 4.57 Å². The minimum atomic E-state index is 0.662. The van der Waals surface area contributed by atoms with Gasteiger partial charge in [-0.25, -0.2) is 0 Å². The molecule has 0 amide bonds. The van der Waals surface area contributed by atoms with Crippen molar-refractivity contribution < 1.29 is 4.74 Å². The molecule has 1 heterocycles. The fourth-order valence-corrected chi connectivity index (χ4v) is 2.48. The highest BCUT2D eigenvalue weighted by atomic mass is 16.5. The van der Waals surface area contributed by atoms with Crippen molar-refractivity contribution in [1.29, 1.82) is 0 Å². The second kappa shape index (κ2) is 4.41. The Labute approximate surface area is 102 Å². The van der Waals surface area contributed by atoms with Crippen molar-refractivity contribution >= 4 is 10.9 Å². The van der Waals surface area contributed by atoms with Crippen LogP contribution in [0, 0.1) is 20.8 Å². The van der Waals surface area contributed by atoms with E-state index >= 15 is 0 Å². The van der Waals surface area contributed by atoms with Crippen LogP contribution in [-0.4, -0.2) is 18.2 Å². The Morgan fingerprint density at radius 2 is 1.94 bits per heavy atom. The first-order valence-electron chi connectivity index (χ1n) is 5.94. The van der Waals surface area contributed by atoms with E-state index in [4.69, 9.17) is 10.5 Å². The predicted molar refractivity (Wildman–Crippen MR) is 71.8 cm³/mol. The van der Waals surface area contributed by atoms with Gasteiger partial charge in [-0.05, 0) is 44.0 Å². The molecule has 0 fully saturated rings. The van der Waals surface area contributed by atoms with Gasteiger partial charge in [0.2, 0.25) is 0 Å². The van der Waals surface area contributed by atoms with Crippen LogP contribution < -0.4 is 10.5 Å². The van der Waals surface area contributed by atoms with Gasteiger partial charge in [0.25, 0.3) is 0 Å². The topological polar surface area (TPSA) is 40.2 Å². The Morgan fingerprint density at radius 3 is 2.53 bits per heavy atom. The molecule has 0 spiro atoms. The molecule has 0 unspecified atom stereocenters. The quantitative estimate of drug-likeness (QED) is 0.883. The number of aromatic nitrogens is 1. The summed E-state index contributed by atoms with van der Waals surface area (Å²) in [7, 11) is 1.71. The number of hydrogen-bond acceptors (Lipinski definition) is 2. The minimum Gasteiger partial charge on any atom is -0.497 e. The van der Waals surface area contributed by atoms with Crippen molar-refractivity contribution in [2.75, 3.05) is 13.7 Å². The van der Waals surface area contributed by atoms with E-state index in [1.165, 1.54) is 27.7 Å². The number of fused-ring (bicyclic) bond motifs is 1.